The fraction of sp³-hybridized carbons (Fsp3) is 0.300. The van der Waals surface area contributed by atoms with Crippen molar-refractivity contribution in [1.82, 2.24) is 25.5 Å². The van der Waals surface area contributed by atoms with Crippen LogP contribution in [0.5, 0.6) is 0 Å². The Bertz CT molecular complexity index is 1030. The summed E-state index contributed by atoms with van der Waals surface area (Å²) < 4.78 is 1.39. The highest BCUT2D eigenvalue weighted by Gasteiger charge is 2.21. The second-order valence-electron chi connectivity index (χ2n) is 6.96. The maximum atomic E-state index is 12.2. The smallest absolute Gasteiger partial charge is 0.321 e. The molecule has 3 amide bonds. The monoisotopic (exact) mass is 412 g/mol. The zero-order valence-electron chi connectivity index (χ0n) is 16.5. The first-order valence-electron chi connectivity index (χ1n) is 9.29. The molecule has 1 aromatic heterocycles. The van der Waals surface area contributed by atoms with Gasteiger partial charge in [0.1, 0.15) is 0 Å². The summed E-state index contributed by atoms with van der Waals surface area (Å²) >= 11 is 1.15. The van der Waals surface area contributed by atoms with Gasteiger partial charge in [-0.2, -0.15) is 0 Å². The fourth-order valence-electron chi connectivity index (χ4n) is 2.85. The number of carbonyl (C=O) groups excluding carboxylic acids is 2. The third kappa shape index (κ3) is 5.05. The second kappa shape index (κ2) is 8.95. The SMILES string of the molecule is CC(C)NC(=O)NC(=O)[C@H](C)Sc1nnc(Cc2cccc3ccccc23)n1N. The Morgan fingerprint density at radius 2 is 1.83 bits per heavy atom. The summed E-state index contributed by atoms with van der Waals surface area (Å²) in [7, 11) is 0. The number of nitrogens with two attached hydrogens (primary N) is 1. The average Bonchev–Trinajstić information content (AvgIpc) is 3.01. The summed E-state index contributed by atoms with van der Waals surface area (Å²) in [6.07, 6.45) is 0.517. The number of rotatable bonds is 6. The van der Waals surface area contributed by atoms with Gasteiger partial charge in [-0.1, -0.05) is 54.2 Å². The number of aromatic nitrogens is 3. The quantitative estimate of drug-likeness (QED) is 0.423. The van der Waals surface area contributed by atoms with Crippen LogP contribution >= 0.6 is 11.8 Å². The van der Waals surface area contributed by atoms with Crippen LogP contribution in [0.25, 0.3) is 10.8 Å². The molecule has 9 heteroatoms. The molecule has 0 spiro atoms. The third-order valence-electron chi connectivity index (χ3n) is 4.27. The van der Waals surface area contributed by atoms with Crippen molar-refractivity contribution < 1.29 is 9.59 Å². The van der Waals surface area contributed by atoms with E-state index in [1.165, 1.54) is 4.68 Å². The molecule has 1 atom stereocenters. The van der Waals surface area contributed by atoms with Gasteiger partial charge in [-0.15, -0.1) is 10.2 Å². The van der Waals surface area contributed by atoms with E-state index in [0.29, 0.717) is 17.4 Å². The average molecular weight is 413 g/mol. The Morgan fingerprint density at radius 1 is 1.10 bits per heavy atom. The molecule has 0 saturated heterocycles. The highest BCUT2D eigenvalue weighted by molar-refractivity contribution is 8.00. The molecule has 0 aliphatic carbocycles. The van der Waals surface area contributed by atoms with Crippen molar-refractivity contribution >= 4 is 34.5 Å². The van der Waals surface area contributed by atoms with Crippen molar-refractivity contribution in [3.8, 4) is 0 Å². The molecule has 1 heterocycles. The molecule has 8 nitrogen and oxygen atoms in total. The normalized spacial score (nSPS) is 12.1. The molecule has 0 bridgehead atoms. The lowest BCUT2D eigenvalue weighted by Gasteiger charge is -2.13. The van der Waals surface area contributed by atoms with Crippen LogP contribution in [0.4, 0.5) is 4.79 Å². The molecule has 4 N–H and O–H groups in total. The summed E-state index contributed by atoms with van der Waals surface area (Å²) in [5.74, 6) is 6.34. The summed E-state index contributed by atoms with van der Waals surface area (Å²) in [4.78, 5) is 23.9. The van der Waals surface area contributed by atoms with Crippen LogP contribution in [0.15, 0.2) is 47.6 Å². The minimum Gasteiger partial charge on any atom is -0.336 e. The van der Waals surface area contributed by atoms with Gasteiger partial charge in [-0.05, 0) is 37.1 Å². The molecule has 2 aromatic carbocycles. The molecule has 0 aliphatic heterocycles. The molecule has 0 fully saturated rings. The van der Waals surface area contributed by atoms with Crippen LogP contribution < -0.4 is 16.5 Å². The van der Waals surface area contributed by atoms with Crippen molar-refractivity contribution in [3.63, 3.8) is 0 Å². The summed E-state index contributed by atoms with van der Waals surface area (Å²) in [5.41, 5.74) is 1.09. The zero-order valence-corrected chi connectivity index (χ0v) is 17.4. The van der Waals surface area contributed by atoms with Gasteiger partial charge in [0.15, 0.2) is 5.82 Å². The van der Waals surface area contributed by atoms with E-state index < -0.39 is 17.2 Å². The third-order valence-corrected chi connectivity index (χ3v) is 5.33. The lowest BCUT2D eigenvalue weighted by Crippen LogP contribution is -2.45. The minimum absolute atomic E-state index is 0.0606. The van der Waals surface area contributed by atoms with Gasteiger partial charge in [0, 0.05) is 12.5 Å². The summed E-state index contributed by atoms with van der Waals surface area (Å²) in [6, 6.07) is 13.6. The van der Waals surface area contributed by atoms with E-state index in [-0.39, 0.29) is 6.04 Å². The molecular formula is C20H24N6O2S. The van der Waals surface area contributed by atoms with Crippen molar-refractivity contribution in [3.05, 3.63) is 53.9 Å². The first kappa shape index (κ1) is 20.7. The van der Waals surface area contributed by atoms with Gasteiger partial charge >= 0.3 is 6.03 Å². The molecule has 0 unspecified atom stereocenters. The van der Waals surface area contributed by atoms with Crippen LogP contribution in [0.2, 0.25) is 0 Å². The topological polar surface area (TPSA) is 115 Å². The predicted molar refractivity (Wildman–Crippen MR) is 114 cm³/mol. The van der Waals surface area contributed by atoms with Crippen LogP contribution in [0.1, 0.15) is 32.2 Å². The van der Waals surface area contributed by atoms with Crippen molar-refractivity contribution in [2.45, 2.75) is 43.6 Å². The number of carbonyl (C=O) groups is 2. The fourth-order valence-corrected chi connectivity index (χ4v) is 3.64. The number of amides is 3. The first-order chi connectivity index (χ1) is 13.8. The summed E-state index contributed by atoms with van der Waals surface area (Å²) in [5, 5.41) is 15.3. The zero-order chi connectivity index (χ0) is 21.0. The number of urea groups is 1. The number of nitrogens with one attached hydrogen (secondary N) is 2. The van der Waals surface area contributed by atoms with Crippen molar-refractivity contribution in [2.75, 3.05) is 5.84 Å². The Morgan fingerprint density at radius 3 is 2.59 bits per heavy atom. The molecule has 29 heavy (non-hydrogen) atoms. The number of hydrogen-bond acceptors (Lipinski definition) is 6. The summed E-state index contributed by atoms with van der Waals surface area (Å²) in [6.45, 7) is 5.31. The van der Waals surface area contributed by atoms with Gasteiger partial charge in [-0.3, -0.25) is 10.1 Å². The number of benzene rings is 2. The maximum Gasteiger partial charge on any atom is 0.321 e. The Labute approximate surface area is 173 Å². The van der Waals surface area contributed by atoms with Crippen LogP contribution in [-0.4, -0.2) is 38.1 Å². The van der Waals surface area contributed by atoms with E-state index >= 15 is 0 Å². The van der Waals surface area contributed by atoms with Gasteiger partial charge in [0.2, 0.25) is 11.1 Å². The second-order valence-corrected chi connectivity index (χ2v) is 8.27. The Hall–Kier alpha value is -3.07. The maximum absolute atomic E-state index is 12.2. The first-order valence-corrected chi connectivity index (χ1v) is 10.2. The van der Waals surface area contributed by atoms with E-state index in [1.54, 1.807) is 6.92 Å². The van der Waals surface area contributed by atoms with E-state index in [4.69, 9.17) is 5.84 Å². The van der Waals surface area contributed by atoms with E-state index in [9.17, 15) is 9.59 Å². The Kier molecular flexibility index (Phi) is 6.38. The van der Waals surface area contributed by atoms with E-state index in [0.717, 1.165) is 28.1 Å². The van der Waals surface area contributed by atoms with Crippen molar-refractivity contribution in [2.24, 2.45) is 0 Å². The molecule has 152 valence electrons. The van der Waals surface area contributed by atoms with Gasteiger partial charge in [0.05, 0.1) is 5.25 Å². The van der Waals surface area contributed by atoms with Crippen LogP contribution in [0, 0.1) is 0 Å². The lowest BCUT2D eigenvalue weighted by molar-refractivity contribution is -0.119. The van der Waals surface area contributed by atoms with Crippen LogP contribution in [-0.2, 0) is 11.2 Å². The number of fused-ring (bicyclic) bond motifs is 1. The van der Waals surface area contributed by atoms with Crippen molar-refractivity contribution in [1.29, 1.82) is 0 Å². The molecule has 0 radical (unpaired) electrons. The highest BCUT2D eigenvalue weighted by atomic mass is 32.2. The number of nitrogen functional groups attached to an aromatic ring is 1. The van der Waals surface area contributed by atoms with Gasteiger partial charge in [-0.25, -0.2) is 9.47 Å². The molecule has 0 aliphatic rings. The van der Waals surface area contributed by atoms with E-state index in [1.807, 2.05) is 38.1 Å². The Balaban J connectivity index is 1.69. The highest BCUT2D eigenvalue weighted by Crippen LogP contribution is 2.24. The van der Waals surface area contributed by atoms with E-state index in [2.05, 4.69) is 39.0 Å². The van der Waals surface area contributed by atoms with Crippen LogP contribution in [0.3, 0.4) is 0 Å². The van der Waals surface area contributed by atoms with Gasteiger partial charge in [0.25, 0.3) is 0 Å². The number of hydrogen-bond donors (Lipinski definition) is 3. The molecule has 0 saturated carbocycles. The molecule has 3 aromatic rings. The van der Waals surface area contributed by atoms with Gasteiger partial charge < -0.3 is 11.2 Å². The number of nitrogens with zero attached hydrogens (tertiary/aromatic N) is 3. The molecule has 3 rings (SSSR count). The standard InChI is InChI=1S/C20H24N6O2S/c1-12(2)22-19(28)23-18(27)13(3)29-20-25-24-17(26(20)21)11-15-9-6-8-14-7-4-5-10-16(14)15/h4-10,12-13H,11,21H2,1-3H3,(H2,22,23,27,28)/t13-/m0/s1. The predicted octanol–water partition coefficient (Wildman–Crippen LogP) is 2.45. The lowest BCUT2D eigenvalue weighted by atomic mass is 10.0. The minimum atomic E-state index is -0.565. The number of thioether (sulfide) groups is 1. The number of imide groups is 1. The largest absolute Gasteiger partial charge is 0.336 e. The molecular weight excluding hydrogens is 388 g/mol.